The van der Waals surface area contributed by atoms with Crippen LogP contribution in [0.3, 0.4) is 0 Å². The van der Waals surface area contributed by atoms with Crippen molar-refractivity contribution in [1.29, 1.82) is 0 Å². The Morgan fingerprint density at radius 1 is 0.821 bits per heavy atom. The van der Waals surface area contributed by atoms with Crippen molar-refractivity contribution in [3.8, 4) is 0 Å². The van der Waals surface area contributed by atoms with Crippen LogP contribution >= 0.6 is 0 Å². The number of carbonyl (C=O) groups excluding carboxylic acids is 2. The van der Waals surface area contributed by atoms with Crippen LogP contribution < -0.4 is 15.5 Å². The SMILES string of the molecule is O=C(Nc1ccc(N2CCC(Cc3ccccc3)CC2)c(C(=O)NCCN2CCOCC2)c1)c1ccccc1. The number of hydrogen-bond donors (Lipinski definition) is 2. The van der Waals surface area contributed by atoms with Gasteiger partial charge in [0.05, 0.1) is 18.8 Å². The molecule has 5 rings (SSSR count). The van der Waals surface area contributed by atoms with Crippen LogP contribution in [-0.4, -0.2) is 69.2 Å². The molecule has 2 aliphatic heterocycles. The first-order valence-corrected chi connectivity index (χ1v) is 14.0. The van der Waals surface area contributed by atoms with Gasteiger partial charge >= 0.3 is 0 Å². The van der Waals surface area contributed by atoms with Crippen LogP contribution in [0.15, 0.2) is 78.9 Å². The highest BCUT2D eigenvalue weighted by Crippen LogP contribution is 2.30. The molecule has 0 spiro atoms. The van der Waals surface area contributed by atoms with Crippen LogP contribution in [0, 0.1) is 5.92 Å². The average Bonchev–Trinajstić information content (AvgIpc) is 2.99. The lowest BCUT2D eigenvalue weighted by molar-refractivity contribution is 0.0383. The molecule has 0 atom stereocenters. The van der Waals surface area contributed by atoms with Gasteiger partial charge in [0.2, 0.25) is 0 Å². The first-order chi connectivity index (χ1) is 19.2. The van der Waals surface area contributed by atoms with E-state index in [0.29, 0.717) is 29.3 Å². The predicted molar refractivity (Wildman–Crippen MR) is 156 cm³/mol. The maximum atomic E-state index is 13.5. The molecule has 0 aromatic heterocycles. The molecule has 2 amide bonds. The fourth-order valence-corrected chi connectivity index (χ4v) is 5.44. The van der Waals surface area contributed by atoms with Gasteiger partial charge in [-0.3, -0.25) is 14.5 Å². The number of piperidine rings is 1. The van der Waals surface area contributed by atoms with Crippen LogP contribution in [0.5, 0.6) is 0 Å². The highest BCUT2D eigenvalue weighted by atomic mass is 16.5. The van der Waals surface area contributed by atoms with Crippen LogP contribution in [0.25, 0.3) is 0 Å². The Balaban J connectivity index is 1.27. The minimum absolute atomic E-state index is 0.111. The Morgan fingerprint density at radius 2 is 1.51 bits per heavy atom. The van der Waals surface area contributed by atoms with Crippen molar-refractivity contribution in [2.24, 2.45) is 5.92 Å². The first kappa shape index (κ1) is 26.9. The van der Waals surface area contributed by atoms with Crippen molar-refractivity contribution in [3.05, 3.63) is 95.6 Å². The Labute approximate surface area is 231 Å². The number of hydrogen-bond acceptors (Lipinski definition) is 5. The fourth-order valence-electron chi connectivity index (χ4n) is 5.44. The summed E-state index contributed by atoms with van der Waals surface area (Å²) in [4.78, 5) is 30.9. The highest BCUT2D eigenvalue weighted by Gasteiger charge is 2.24. The monoisotopic (exact) mass is 526 g/mol. The van der Waals surface area contributed by atoms with Gasteiger partial charge in [-0.05, 0) is 61.1 Å². The third kappa shape index (κ3) is 7.46. The van der Waals surface area contributed by atoms with Gasteiger partial charge < -0.3 is 20.3 Å². The molecule has 0 bridgehead atoms. The second-order valence-corrected chi connectivity index (χ2v) is 10.4. The number of amides is 2. The lowest BCUT2D eigenvalue weighted by Crippen LogP contribution is -2.41. The maximum Gasteiger partial charge on any atom is 0.255 e. The van der Waals surface area contributed by atoms with E-state index in [1.54, 1.807) is 12.1 Å². The number of benzene rings is 3. The number of nitrogens with one attached hydrogen (secondary N) is 2. The van der Waals surface area contributed by atoms with Crippen molar-refractivity contribution in [2.45, 2.75) is 19.3 Å². The molecule has 2 saturated heterocycles. The van der Waals surface area contributed by atoms with E-state index >= 15 is 0 Å². The quantitative estimate of drug-likeness (QED) is 0.431. The van der Waals surface area contributed by atoms with Crippen molar-refractivity contribution in [3.63, 3.8) is 0 Å². The van der Waals surface area contributed by atoms with E-state index in [-0.39, 0.29) is 11.8 Å². The molecule has 204 valence electrons. The summed E-state index contributed by atoms with van der Waals surface area (Å²) < 4.78 is 5.43. The summed E-state index contributed by atoms with van der Waals surface area (Å²) in [6, 6.07) is 25.5. The van der Waals surface area contributed by atoms with Gasteiger partial charge in [-0.2, -0.15) is 0 Å². The van der Waals surface area contributed by atoms with E-state index in [1.807, 2.05) is 36.4 Å². The van der Waals surface area contributed by atoms with E-state index in [4.69, 9.17) is 4.74 Å². The highest BCUT2D eigenvalue weighted by molar-refractivity contribution is 6.06. The van der Waals surface area contributed by atoms with Crippen molar-refractivity contribution >= 4 is 23.2 Å². The maximum absolute atomic E-state index is 13.5. The molecule has 2 aliphatic rings. The van der Waals surface area contributed by atoms with Crippen molar-refractivity contribution in [2.75, 3.05) is 62.7 Å². The van der Waals surface area contributed by atoms with E-state index < -0.39 is 0 Å². The molecular formula is C32H38N4O3. The molecule has 2 fully saturated rings. The minimum Gasteiger partial charge on any atom is -0.379 e. The van der Waals surface area contributed by atoms with Crippen molar-refractivity contribution < 1.29 is 14.3 Å². The smallest absolute Gasteiger partial charge is 0.255 e. The lowest BCUT2D eigenvalue weighted by Gasteiger charge is -2.35. The van der Waals surface area contributed by atoms with Gasteiger partial charge in [-0.25, -0.2) is 0 Å². The minimum atomic E-state index is -0.191. The zero-order valence-corrected chi connectivity index (χ0v) is 22.5. The topological polar surface area (TPSA) is 73.9 Å². The molecule has 0 unspecified atom stereocenters. The number of nitrogens with zero attached hydrogens (tertiary/aromatic N) is 2. The second kappa shape index (κ2) is 13.4. The Hall–Kier alpha value is -3.68. The van der Waals surface area contributed by atoms with Gasteiger partial charge in [0.1, 0.15) is 0 Å². The van der Waals surface area contributed by atoms with Gasteiger partial charge in [-0.15, -0.1) is 0 Å². The van der Waals surface area contributed by atoms with Crippen LogP contribution in [0.2, 0.25) is 0 Å². The molecule has 2 heterocycles. The summed E-state index contributed by atoms with van der Waals surface area (Å²) in [5.41, 5.74) is 4.11. The summed E-state index contributed by atoms with van der Waals surface area (Å²) in [5, 5.41) is 6.08. The van der Waals surface area contributed by atoms with Gasteiger partial charge in [0.25, 0.3) is 11.8 Å². The normalized spacial score (nSPS) is 16.6. The lowest BCUT2D eigenvalue weighted by atomic mass is 9.89. The molecule has 0 aliphatic carbocycles. The molecule has 7 heteroatoms. The van der Waals surface area contributed by atoms with Gasteiger partial charge in [0, 0.05) is 56.2 Å². The van der Waals surface area contributed by atoms with E-state index in [9.17, 15) is 9.59 Å². The number of morpholine rings is 1. The first-order valence-electron chi connectivity index (χ1n) is 14.0. The standard InChI is InChI=1S/C32H38N4O3/c37-31(27-9-5-2-6-10-27)34-28-11-12-30(29(24-28)32(38)33-15-18-35-19-21-39-22-20-35)36-16-13-26(14-17-36)23-25-7-3-1-4-8-25/h1-12,24,26H,13-23H2,(H,33,38)(H,34,37). The Morgan fingerprint density at radius 3 is 2.23 bits per heavy atom. The summed E-state index contributed by atoms with van der Waals surface area (Å²) in [6.45, 7) is 6.42. The van der Waals surface area contributed by atoms with E-state index in [2.05, 4.69) is 50.8 Å². The predicted octanol–water partition coefficient (Wildman–Crippen LogP) is 4.46. The average molecular weight is 527 g/mol. The number of rotatable bonds is 9. The van der Waals surface area contributed by atoms with Crippen LogP contribution in [-0.2, 0) is 11.2 Å². The van der Waals surface area contributed by atoms with Gasteiger partial charge in [-0.1, -0.05) is 48.5 Å². The molecule has 0 saturated carbocycles. The molecule has 2 N–H and O–H groups in total. The summed E-state index contributed by atoms with van der Waals surface area (Å²) in [6.07, 6.45) is 3.26. The molecule has 7 nitrogen and oxygen atoms in total. The largest absolute Gasteiger partial charge is 0.379 e. The van der Waals surface area contributed by atoms with Gasteiger partial charge in [0.15, 0.2) is 0 Å². The zero-order valence-electron chi connectivity index (χ0n) is 22.5. The fraction of sp³-hybridized carbons (Fsp3) is 0.375. The van der Waals surface area contributed by atoms with E-state index in [0.717, 1.165) is 70.9 Å². The summed E-state index contributed by atoms with van der Waals surface area (Å²) in [5.74, 6) is 0.336. The van der Waals surface area contributed by atoms with Crippen molar-refractivity contribution in [1.82, 2.24) is 10.2 Å². The third-order valence-corrected chi connectivity index (χ3v) is 7.67. The second-order valence-electron chi connectivity index (χ2n) is 10.4. The molecule has 3 aromatic rings. The third-order valence-electron chi connectivity index (χ3n) is 7.67. The van der Waals surface area contributed by atoms with E-state index in [1.165, 1.54) is 5.56 Å². The molecule has 3 aromatic carbocycles. The molecule has 39 heavy (non-hydrogen) atoms. The molecular weight excluding hydrogens is 488 g/mol. The van der Waals surface area contributed by atoms with Crippen LogP contribution in [0.1, 0.15) is 39.1 Å². The van der Waals surface area contributed by atoms with Crippen LogP contribution in [0.4, 0.5) is 11.4 Å². The Kier molecular flexibility index (Phi) is 9.25. The Bertz CT molecular complexity index is 1220. The number of ether oxygens (including phenoxy) is 1. The number of carbonyl (C=O) groups is 2. The molecule has 0 radical (unpaired) electrons. The zero-order chi connectivity index (χ0) is 26.9. The summed E-state index contributed by atoms with van der Waals surface area (Å²) >= 11 is 0. The summed E-state index contributed by atoms with van der Waals surface area (Å²) in [7, 11) is 0. The number of anilines is 2.